The molecule has 0 saturated carbocycles. The van der Waals surface area contributed by atoms with Crippen LogP contribution in [-0.2, 0) is 14.9 Å². The highest BCUT2D eigenvalue weighted by atomic mass is 16.5. The Kier molecular flexibility index (Phi) is 3.13. The third kappa shape index (κ3) is 2.04. The molecule has 1 aromatic rings. The first-order valence-electron chi connectivity index (χ1n) is 7.07. The van der Waals surface area contributed by atoms with Crippen LogP contribution in [0.15, 0.2) is 23.2 Å². The van der Waals surface area contributed by atoms with Gasteiger partial charge in [0.2, 0.25) is 0 Å². The highest BCUT2D eigenvalue weighted by Crippen LogP contribution is 2.40. The van der Waals surface area contributed by atoms with Gasteiger partial charge < -0.3 is 9.64 Å². The fourth-order valence-corrected chi connectivity index (χ4v) is 2.88. The minimum Gasteiger partial charge on any atom is -0.378 e. The summed E-state index contributed by atoms with van der Waals surface area (Å²) in [5, 5.41) is 0. The maximum absolute atomic E-state index is 12.7. The second-order valence-electron chi connectivity index (χ2n) is 6.01. The number of benzene rings is 1. The number of nitrogens with zero attached hydrogens (tertiary/aromatic N) is 2. The molecule has 2 aliphatic heterocycles. The summed E-state index contributed by atoms with van der Waals surface area (Å²) in [6.45, 7) is 8.74. The number of hydrogen-bond donors (Lipinski definition) is 0. The number of aliphatic imine (C=N–C) groups is 1. The monoisotopic (exact) mass is 272 g/mol. The second kappa shape index (κ2) is 4.70. The predicted molar refractivity (Wildman–Crippen MR) is 78.7 cm³/mol. The zero-order chi connectivity index (χ0) is 14.3. The molecule has 106 valence electrons. The van der Waals surface area contributed by atoms with Crippen LogP contribution in [0.2, 0.25) is 0 Å². The van der Waals surface area contributed by atoms with Crippen molar-refractivity contribution < 1.29 is 9.53 Å². The topological polar surface area (TPSA) is 41.9 Å². The number of carbonyl (C=O) groups is 1. The van der Waals surface area contributed by atoms with Crippen LogP contribution in [0.1, 0.15) is 25.0 Å². The van der Waals surface area contributed by atoms with E-state index >= 15 is 0 Å². The average molecular weight is 272 g/mol. The fraction of sp³-hybridized carbons (Fsp3) is 0.500. The first-order valence-corrected chi connectivity index (χ1v) is 7.07. The molecular weight excluding hydrogens is 252 g/mol. The standard InChI is InChI=1S/C16H20N2O2/c1-11-4-5-12-13(10-11)17-14(16(12,2)3)15(19)18-6-8-20-9-7-18/h4-5,10H,6-9H2,1-3H3. The first kappa shape index (κ1) is 13.3. The van der Waals surface area contributed by atoms with Crippen molar-refractivity contribution >= 4 is 17.3 Å². The lowest BCUT2D eigenvalue weighted by atomic mass is 9.80. The highest BCUT2D eigenvalue weighted by molar-refractivity contribution is 6.43. The number of ether oxygens (including phenoxy) is 1. The van der Waals surface area contributed by atoms with Crippen LogP contribution in [0.4, 0.5) is 5.69 Å². The Labute approximate surface area is 119 Å². The summed E-state index contributed by atoms with van der Waals surface area (Å²) in [7, 11) is 0. The smallest absolute Gasteiger partial charge is 0.269 e. The van der Waals surface area contributed by atoms with E-state index in [4.69, 9.17) is 4.74 Å². The van der Waals surface area contributed by atoms with E-state index in [2.05, 4.69) is 37.0 Å². The van der Waals surface area contributed by atoms with Gasteiger partial charge in [0.15, 0.2) is 0 Å². The molecule has 4 nitrogen and oxygen atoms in total. The van der Waals surface area contributed by atoms with E-state index in [1.54, 1.807) is 0 Å². The summed E-state index contributed by atoms with van der Waals surface area (Å²) in [6.07, 6.45) is 0. The fourth-order valence-electron chi connectivity index (χ4n) is 2.88. The number of rotatable bonds is 1. The van der Waals surface area contributed by atoms with Crippen LogP contribution in [0, 0.1) is 6.92 Å². The first-order chi connectivity index (χ1) is 9.50. The lowest BCUT2D eigenvalue weighted by Crippen LogP contribution is -2.47. The van der Waals surface area contributed by atoms with Gasteiger partial charge in [-0.25, -0.2) is 4.99 Å². The summed E-state index contributed by atoms with van der Waals surface area (Å²) in [4.78, 5) is 19.2. The van der Waals surface area contributed by atoms with Gasteiger partial charge in [-0.3, -0.25) is 4.79 Å². The van der Waals surface area contributed by atoms with Crippen LogP contribution >= 0.6 is 0 Å². The van der Waals surface area contributed by atoms with Gasteiger partial charge in [0, 0.05) is 18.5 Å². The largest absolute Gasteiger partial charge is 0.378 e. The molecule has 1 saturated heterocycles. The number of hydrogen-bond acceptors (Lipinski definition) is 3. The van der Waals surface area contributed by atoms with Gasteiger partial charge in [-0.15, -0.1) is 0 Å². The van der Waals surface area contributed by atoms with Gasteiger partial charge in [-0.2, -0.15) is 0 Å². The zero-order valence-corrected chi connectivity index (χ0v) is 12.3. The average Bonchev–Trinajstić information content (AvgIpc) is 2.70. The zero-order valence-electron chi connectivity index (χ0n) is 12.3. The quantitative estimate of drug-likeness (QED) is 0.786. The molecule has 0 atom stereocenters. The van der Waals surface area contributed by atoms with E-state index in [0.717, 1.165) is 11.3 Å². The molecule has 1 amide bonds. The summed E-state index contributed by atoms with van der Waals surface area (Å²) in [6, 6.07) is 6.22. The summed E-state index contributed by atoms with van der Waals surface area (Å²) in [5.41, 5.74) is 3.58. The van der Waals surface area contributed by atoms with E-state index in [1.807, 2.05) is 11.8 Å². The van der Waals surface area contributed by atoms with Crippen molar-refractivity contribution in [3.8, 4) is 0 Å². The molecule has 2 aliphatic rings. The van der Waals surface area contributed by atoms with E-state index in [1.165, 1.54) is 5.56 Å². The number of aryl methyl sites for hydroxylation is 1. The van der Waals surface area contributed by atoms with Crippen LogP contribution in [0.5, 0.6) is 0 Å². The van der Waals surface area contributed by atoms with Gasteiger partial charge in [0.25, 0.3) is 5.91 Å². The van der Waals surface area contributed by atoms with Crippen LogP contribution in [0.25, 0.3) is 0 Å². The molecular formula is C16H20N2O2. The maximum atomic E-state index is 12.7. The van der Waals surface area contributed by atoms with Crippen molar-refractivity contribution in [3.05, 3.63) is 29.3 Å². The summed E-state index contributed by atoms with van der Waals surface area (Å²) >= 11 is 0. The van der Waals surface area contributed by atoms with Crippen molar-refractivity contribution in [3.63, 3.8) is 0 Å². The van der Waals surface area contributed by atoms with Gasteiger partial charge >= 0.3 is 0 Å². The predicted octanol–water partition coefficient (Wildman–Crippen LogP) is 2.22. The minimum atomic E-state index is -0.321. The molecule has 0 bridgehead atoms. The molecule has 20 heavy (non-hydrogen) atoms. The third-order valence-electron chi connectivity index (χ3n) is 4.15. The molecule has 0 aliphatic carbocycles. The number of amides is 1. The van der Waals surface area contributed by atoms with E-state index in [9.17, 15) is 4.79 Å². The van der Waals surface area contributed by atoms with E-state index in [-0.39, 0.29) is 11.3 Å². The van der Waals surface area contributed by atoms with Gasteiger partial charge in [0.1, 0.15) is 5.71 Å². The molecule has 1 aromatic carbocycles. The Morgan fingerprint density at radius 3 is 2.70 bits per heavy atom. The Morgan fingerprint density at radius 2 is 2.00 bits per heavy atom. The molecule has 0 unspecified atom stereocenters. The molecule has 0 radical (unpaired) electrons. The van der Waals surface area contributed by atoms with Crippen molar-refractivity contribution in [2.75, 3.05) is 26.3 Å². The summed E-state index contributed by atoms with van der Waals surface area (Å²) < 4.78 is 5.31. The molecule has 0 spiro atoms. The maximum Gasteiger partial charge on any atom is 0.269 e. The molecule has 1 fully saturated rings. The van der Waals surface area contributed by atoms with Crippen molar-refractivity contribution in [1.82, 2.24) is 4.90 Å². The Balaban J connectivity index is 1.94. The lowest BCUT2D eigenvalue weighted by Gasteiger charge is -2.30. The van der Waals surface area contributed by atoms with Crippen LogP contribution in [-0.4, -0.2) is 42.8 Å². The number of morpholine rings is 1. The second-order valence-corrected chi connectivity index (χ2v) is 6.01. The van der Waals surface area contributed by atoms with Crippen molar-refractivity contribution in [1.29, 1.82) is 0 Å². The molecule has 0 N–H and O–H groups in total. The van der Waals surface area contributed by atoms with Crippen molar-refractivity contribution in [2.45, 2.75) is 26.2 Å². The van der Waals surface area contributed by atoms with E-state index in [0.29, 0.717) is 32.0 Å². The molecule has 2 heterocycles. The third-order valence-corrected chi connectivity index (χ3v) is 4.15. The van der Waals surface area contributed by atoms with Gasteiger partial charge in [-0.05, 0) is 38.0 Å². The van der Waals surface area contributed by atoms with Gasteiger partial charge in [0.05, 0.1) is 18.9 Å². The normalized spacial score (nSPS) is 20.6. The van der Waals surface area contributed by atoms with E-state index < -0.39 is 0 Å². The number of carbonyl (C=O) groups excluding carboxylic acids is 1. The Morgan fingerprint density at radius 1 is 1.30 bits per heavy atom. The molecule has 3 rings (SSSR count). The molecule has 4 heteroatoms. The SMILES string of the molecule is Cc1ccc2c(c1)N=C(C(=O)N1CCOCC1)C2(C)C. The highest BCUT2D eigenvalue weighted by Gasteiger charge is 2.40. The lowest BCUT2D eigenvalue weighted by molar-refractivity contribution is -0.128. The minimum absolute atomic E-state index is 0.0483. The van der Waals surface area contributed by atoms with Gasteiger partial charge in [-0.1, -0.05) is 12.1 Å². The number of fused-ring (bicyclic) bond motifs is 1. The van der Waals surface area contributed by atoms with Crippen molar-refractivity contribution in [2.24, 2.45) is 4.99 Å². The Bertz CT molecular complexity index is 584. The molecule has 0 aromatic heterocycles. The summed E-state index contributed by atoms with van der Waals surface area (Å²) in [5.74, 6) is 0.0483. The van der Waals surface area contributed by atoms with Crippen LogP contribution in [0.3, 0.4) is 0 Å². The Hall–Kier alpha value is -1.68. The van der Waals surface area contributed by atoms with Crippen LogP contribution < -0.4 is 0 Å².